The molecule has 1 aliphatic heterocycles. The molecule has 163 valence electrons. The monoisotopic (exact) mass is 433 g/mol. The largest absolute Gasteiger partial charge is 0.561 e. The zero-order valence-corrected chi connectivity index (χ0v) is 19.4. The molecule has 0 unspecified atom stereocenters. The summed E-state index contributed by atoms with van der Waals surface area (Å²) < 4.78 is 36.0. The van der Waals surface area contributed by atoms with Crippen LogP contribution in [0.1, 0.15) is 26.3 Å². The van der Waals surface area contributed by atoms with Crippen molar-refractivity contribution in [2.45, 2.75) is 45.5 Å². The Labute approximate surface area is 177 Å². The van der Waals surface area contributed by atoms with E-state index in [2.05, 4.69) is 44.0 Å². The second-order valence-electron chi connectivity index (χ2n) is 9.05. The lowest BCUT2D eigenvalue weighted by Gasteiger charge is -2.48. The van der Waals surface area contributed by atoms with Gasteiger partial charge in [-0.05, 0) is 14.4 Å². The van der Waals surface area contributed by atoms with Crippen molar-refractivity contribution < 1.29 is 18.0 Å². The summed E-state index contributed by atoms with van der Waals surface area (Å²) in [6.45, 7) is 11.8. The molecular formula is C22H29F2N3O2Si-. The van der Waals surface area contributed by atoms with E-state index in [1.807, 2.05) is 0 Å². The van der Waals surface area contributed by atoms with Gasteiger partial charge in [0.05, 0.1) is 18.8 Å². The zero-order chi connectivity index (χ0) is 22.1. The number of anilines is 1. The van der Waals surface area contributed by atoms with Crippen LogP contribution in [0.3, 0.4) is 0 Å². The lowest BCUT2D eigenvalue weighted by atomic mass is 10.0. The van der Waals surface area contributed by atoms with Crippen molar-refractivity contribution in [2.75, 3.05) is 25.1 Å². The smallest absolute Gasteiger partial charge is 0.166 e. The summed E-state index contributed by atoms with van der Waals surface area (Å²) >= 11 is 0. The number of oxime groups is 1. The molecule has 2 heterocycles. The molecule has 8 heteroatoms. The van der Waals surface area contributed by atoms with Crippen LogP contribution >= 0.6 is 0 Å². The fourth-order valence-electron chi connectivity index (χ4n) is 2.93. The summed E-state index contributed by atoms with van der Waals surface area (Å²) in [5.74, 6) is -0.665. The quantitative estimate of drug-likeness (QED) is 0.454. The predicted molar refractivity (Wildman–Crippen MR) is 118 cm³/mol. The van der Waals surface area contributed by atoms with Crippen LogP contribution in [0.2, 0.25) is 18.1 Å². The topological polar surface area (TPSA) is 47.0 Å². The molecule has 1 fully saturated rings. The standard InChI is InChI=1S/C22H29F2N3O2Si/c1-22(2,3)30(5,6)29-14-15-8-7-9-18(20(15)24)16-10-19(23)21(25-11-16)27-12-17(13-27)26-28-4/h7-11H,12-14H2,1-6H3/q-1. The van der Waals surface area contributed by atoms with Gasteiger partial charge in [0.25, 0.3) is 0 Å². The molecule has 0 saturated carbocycles. The molecule has 30 heavy (non-hydrogen) atoms. The van der Waals surface area contributed by atoms with E-state index in [1.54, 1.807) is 23.1 Å². The van der Waals surface area contributed by atoms with Crippen LogP contribution in [-0.2, 0) is 15.9 Å². The van der Waals surface area contributed by atoms with Crippen LogP contribution in [0, 0.1) is 11.6 Å². The Bertz CT molecular complexity index is 950. The number of hydrogen-bond donors (Lipinski definition) is 0. The molecule has 1 aromatic heterocycles. The first-order valence-electron chi connectivity index (χ1n) is 9.94. The fraction of sp³-hybridized carbons (Fsp3) is 0.455. The number of pyridine rings is 1. The maximum Gasteiger partial charge on any atom is 0.166 e. The van der Waals surface area contributed by atoms with E-state index in [9.17, 15) is 4.39 Å². The lowest BCUT2D eigenvalue weighted by Crippen LogP contribution is -2.48. The normalized spacial score (nSPS) is 14.5. The van der Waals surface area contributed by atoms with Gasteiger partial charge in [-0.25, -0.2) is 13.8 Å². The molecule has 0 bridgehead atoms. The van der Waals surface area contributed by atoms with Crippen LogP contribution in [0.5, 0.6) is 0 Å². The Morgan fingerprint density at radius 1 is 1.20 bits per heavy atom. The number of nitrogens with zero attached hydrogens (tertiary/aromatic N) is 3. The van der Waals surface area contributed by atoms with E-state index in [0.29, 0.717) is 29.8 Å². The number of rotatable bonds is 6. The van der Waals surface area contributed by atoms with Crippen LogP contribution < -0.4 is 4.90 Å². The first-order valence-corrected chi connectivity index (χ1v) is 12.9. The van der Waals surface area contributed by atoms with Crippen molar-refractivity contribution in [3.8, 4) is 11.1 Å². The SMILES string of the molecule is CON=C1CN(c2ncc(-c3cccc(CO[Si-](C)(C)C(C)(C)C)c3F)cc2F)C1. The third kappa shape index (κ3) is 4.54. The van der Waals surface area contributed by atoms with Gasteiger partial charge in [-0.2, -0.15) is 0 Å². The summed E-state index contributed by atoms with van der Waals surface area (Å²) in [5.41, 5.74) is 2.00. The number of halogens is 2. The third-order valence-electron chi connectivity index (χ3n) is 5.87. The number of hydrogen-bond acceptors (Lipinski definition) is 5. The maximum atomic E-state index is 15.2. The summed E-state index contributed by atoms with van der Waals surface area (Å²) in [5, 5.41) is 3.87. The van der Waals surface area contributed by atoms with Gasteiger partial charge >= 0.3 is 0 Å². The van der Waals surface area contributed by atoms with Gasteiger partial charge in [0.15, 0.2) is 11.6 Å². The van der Waals surface area contributed by atoms with Crippen LogP contribution in [0.25, 0.3) is 11.1 Å². The highest BCUT2D eigenvalue weighted by atomic mass is 28.4. The average Bonchev–Trinajstić information content (AvgIpc) is 2.63. The molecule has 2 aromatic rings. The Kier molecular flexibility index (Phi) is 6.28. The highest BCUT2D eigenvalue weighted by Gasteiger charge is 2.27. The first-order chi connectivity index (χ1) is 14.0. The summed E-state index contributed by atoms with van der Waals surface area (Å²) in [6, 6.07) is 6.43. The fourth-order valence-corrected chi connectivity index (χ4v) is 3.88. The van der Waals surface area contributed by atoms with Crippen molar-refractivity contribution in [1.82, 2.24) is 4.98 Å². The molecule has 0 amide bonds. The highest BCUT2D eigenvalue weighted by Crippen LogP contribution is 2.37. The number of benzene rings is 1. The predicted octanol–water partition coefficient (Wildman–Crippen LogP) is 5.37. The van der Waals surface area contributed by atoms with Crippen molar-refractivity contribution >= 4 is 19.8 Å². The van der Waals surface area contributed by atoms with Gasteiger partial charge in [0.2, 0.25) is 0 Å². The first kappa shape index (κ1) is 22.4. The lowest BCUT2D eigenvalue weighted by molar-refractivity contribution is 0.211. The summed E-state index contributed by atoms with van der Waals surface area (Å²) in [6.07, 6.45) is 1.50. The summed E-state index contributed by atoms with van der Waals surface area (Å²) in [4.78, 5) is 10.7. The van der Waals surface area contributed by atoms with Crippen molar-refractivity contribution in [2.24, 2.45) is 5.16 Å². The molecule has 5 nitrogen and oxygen atoms in total. The van der Waals surface area contributed by atoms with E-state index >= 15 is 4.39 Å². The van der Waals surface area contributed by atoms with Crippen LogP contribution in [-0.4, -0.2) is 39.2 Å². The van der Waals surface area contributed by atoms with E-state index in [0.717, 1.165) is 5.71 Å². The van der Waals surface area contributed by atoms with E-state index in [-0.39, 0.29) is 17.5 Å². The molecule has 0 N–H and O–H groups in total. The van der Waals surface area contributed by atoms with Gasteiger partial charge in [0, 0.05) is 29.5 Å². The highest BCUT2D eigenvalue weighted by molar-refractivity contribution is 6.74. The second kappa shape index (κ2) is 8.43. The molecule has 0 spiro atoms. The maximum absolute atomic E-state index is 15.2. The second-order valence-corrected chi connectivity index (χ2v) is 13.9. The van der Waals surface area contributed by atoms with Crippen molar-refractivity contribution in [3.05, 3.63) is 47.7 Å². The summed E-state index contributed by atoms with van der Waals surface area (Å²) in [7, 11) is -0.533. The molecule has 0 aliphatic carbocycles. The molecule has 1 saturated heterocycles. The minimum atomic E-state index is -2.01. The number of aromatic nitrogens is 1. The van der Waals surface area contributed by atoms with E-state index in [1.165, 1.54) is 19.4 Å². The van der Waals surface area contributed by atoms with Gasteiger partial charge < -0.3 is 14.2 Å². The van der Waals surface area contributed by atoms with Gasteiger partial charge in [0.1, 0.15) is 12.9 Å². The zero-order valence-electron chi connectivity index (χ0n) is 18.4. The molecule has 0 radical (unpaired) electrons. The van der Waals surface area contributed by atoms with Gasteiger partial charge in [-0.15, -0.1) is 18.1 Å². The van der Waals surface area contributed by atoms with Gasteiger partial charge in [-0.1, -0.05) is 44.1 Å². The van der Waals surface area contributed by atoms with E-state index < -0.39 is 20.0 Å². The van der Waals surface area contributed by atoms with Crippen molar-refractivity contribution in [3.63, 3.8) is 0 Å². The minimum absolute atomic E-state index is 0.0364. The van der Waals surface area contributed by atoms with Gasteiger partial charge in [-0.3, -0.25) is 0 Å². The Morgan fingerprint density at radius 2 is 1.90 bits per heavy atom. The van der Waals surface area contributed by atoms with Crippen LogP contribution in [0.4, 0.5) is 14.6 Å². The third-order valence-corrected chi connectivity index (χ3v) is 10.4. The Balaban J connectivity index is 1.79. The minimum Gasteiger partial charge on any atom is -0.561 e. The Morgan fingerprint density at radius 3 is 2.50 bits per heavy atom. The molecule has 3 rings (SSSR count). The average molecular weight is 434 g/mol. The molecule has 1 aliphatic rings. The molecule has 1 aromatic carbocycles. The molecule has 0 atom stereocenters. The van der Waals surface area contributed by atoms with E-state index in [4.69, 9.17) is 9.26 Å². The molecular weight excluding hydrogens is 404 g/mol. The van der Waals surface area contributed by atoms with Crippen molar-refractivity contribution in [1.29, 1.82) is 0 Å². The Hall–Kier alpha value is -2.32. The van der Waals surface area contributed by atoms with Crippen LogP contribution in [0.15, 0.2) is 35.6 Å².